The topological polar surface area (TPSA) is 246 Å². The van der Waals surface area contributed by atoms with Crippen molar-refractivity contribution in [2.24, 2.45) is 17.6 Å². The predicted octanol–water partition coefficient (Wildman–Crippen LogP) is 10.7. The average molecular weight is 1190 g/mol. The van der Waals surface area contributed by atoms with Crippen LogP contribution in [-0.2, 0) is 55.7 Å². The number of rotatable bonds is 21. The van der Waals surface area contributed by atoms with E-state index in [-0.39, 0.29) is 43.6 Å². The van der Waals surface area contributed by atoms with Crippen molar-refractivity contribution in [3.8, 4) is 11.5 Å². The first-order valence-electron chi connectivity index (χ1n) is 26.5. The fourth-order valence-electron chi connectivity index (χ4n) is 8.51. The van der Waals surface area contributed by atoms with Crippen LogP contribution < -0.4 is 31.2 Å². The summed E-state index contributed by atoms with van der Waals surface area (Å²) in [7, 11) is 0. The third-order valence-corrected chi connectivity index (χ3v) is 13.4. The van der Waals surface area contributed by atoms with Crippen molar-refractivity contribution in [2.45, 2.75) is 149 Å². The molecule has 2 unspecified atom stereocenters. The molecule has 3 amide bonds. The Balaban J connectivity index is 0.000000421. The summed E-state index contributed by atoms with van der Waals surface area (Å²) in [5.41, 5.74) is 5.74. The van der Waals surface area contributed by atoms with Crippen LogP contribution in [0.5, 0.6) is 11.5 Å². The Kier molecular flexibility index (Phi) is 27.8. The molecule has 2 saturated carbocycles. The summed E-state index contributed by atoms with van der Waals surface area (Å²) in [6, 6.07) is 27.1. The highest BCUT2D eigenvalue weighted by Crippen LogP contribution is 2.28. The van der Waals surface area contributed by atoms with E-state index >= 15 is 0 Å². The van der Waals surface area contributed by atoms with E-state index in [0.717, 1.165) is 43.2 Å². The van der Waals surface area contributed by atoms with Crippen molar-refractivity contribution >= 4 is 77.4 Å². The summed E-state index contributed by atoms with van der Waals surface area (Å²) in [5.74, 6) is -2.68. The van der Waals surface area contributed by atoms with Crippen LogP contribution in [-0.4, -0.2) is 97.3 Å². The van der Waals surface area contributed by atoms with Crippen LogP contribution in [0.25, 0.3) is 0 Å². The molecule has 6 rings (SSSR count). The van der Waals surface area contributed by atoms with Gasteiger partial charge >= 0.3 is 30.0 Å². The van der Waals surface area contributed by atoms with Gasteiger partial charge in [0, 0.05) is 46.3 Å². The first kappa shape index (κ1) is 68.7. The van der Waals surface area contributed by atoms with E-state index in [4.69, 9.17) is 62.1 Å². The average Bonchev–Trinajstić information content (AvgIpc) is 3.40. The molecule has 21 heteroatoms. The SMILES string of the molecule is C.CC(C)(C)OC(=O)N[C@@H]1CCCCC1C(=O)OCOC(=O)C(C)(C)Oc1ccc(CCNC(=O)c2ccc(Cl)cc2)cc1.CC(C)(Oc1ccc(CCNC(=O)c2ccc(Cl)cc2)cc1)C(=O)OCOC(=O)C1CCCC[C@H]1N.Cl. The summed E-state index contributed by atoms with van der Waals surface area (Å²) in [6.45, 7) is 11.4. The Morgan fingerprint density at radius 3 is 1.32 bits per heavy atom. The number of ether oxygens (including phenoxy) is 7. The largest absolute Gasteiger partial charge is 0.476 e. The molecule has 0 radical (unpaired) electrons. The number of alkyl carbamates (subject to hydrolysis) is 1. The number of benzene rings is 4. The lowest BCUT2D eigenvalue weighted by molar-refractivity contribution is -0.181. The molecule has 4 aromatic rings. The highest BCUT2D eigenvalue weighted by molar-refractivity contribution is 6.31. The molecule has 4 atom stereocenters. The van der Waals surface area contributed by atoms with Crippen LogP contribution in [0.3, 0.4) is 0 Å². The lowest BCUT2D eigenvalue weighted by atomic mass is 9.84. The number of carbonyl (C=O) groups excluding carboxylic acids is 7. The zero-order valence-corrected chi connectivity index (χ0v) is 48.7. The maximum absolute atomic E-state index is 12.8. The molecule has 0 aliphatic heterocycles. The quantitative estimate of drug-likeness (QED) is 0.0344. The van der Waals surface area contributed by atoms with E-state index in [1.165, 1.54) is 0 Å². The summed E-state index contributed by atoms with van der Waals surface area (Å²) < 4.78 is 37.7. The number of nitrogens with two attached hydrogens (primary N) is 1. The maximum Gasteiger partial charge on any atom is 0.407 e. The van der Waals surface area contributed by atoms with Crippen LogP contribution in [0.4, 0.5) is 4.79 Å². The predicted molar refractivity (Wildman–Crippen MR) is 310 cm³/mol. The minimum Gasteiger partial charge on any atom is -0.476 e. The molecular formula is C60H79Cl3N4O14. The minimum absolute atomic E-state index is 0. The van der Waals surface area contributed by atoms with Crippen LogP contribution in [0.15, 0.2) is 97.1 Å². The summed E-state index contributed by atoms with van der Waals surface area (Å²) in [6.07, 6.45) is 6.92. The molecule has 4 aromatic carbocycles. The lowest BCUT2D eigenvalue weighted by Gasteiger charge is -2.31. The van der Waals surface area contributed by atoms with Gasteiger partial charge in [-0.2, -0.15) is 0 Å². The second-order valence-electron chi connectivity index (χ2n) is 21.3. The molecule has 444 valence electrons. The van der Waals surface area contributed by atoms with Gasteiger partial charge in [0.2, 0.25) is 13.6 Å². The highest BCUT2D eigenvalue weighted by atomic mass is 35.5. The molecule has 0 aromatic heterocycles. The zero-order chi connectivity index (χ0) is 57.8. The van der Waals surface area contributed by atoms with Crippen molar-refractivity contribution in [2.75, 3.05) is 26.7 Å². The van der Waals surface area contributed by atoms with Gasteiger partial charge in [-0.25, -0.2) is 14.4 Å². The first-order chi connectivity index (χ1) is 37.4. The van der Waals surface area contributed by atoms with Crippen molar-refractivity contribution in [3.63, 3.8) is 0 Å². The minimum atomic E-state index is -1.36. The molecule has 2 fully saturated rings. The number of halogens is 3. The molecule has 0 bridgehead atoms. The summed E-state index contributed by atoms with van der Waals surface area (Å²) >= 11 is 11.7. The number of hydrogen-bond donors (Lipinski definition) is 4. The molecule has 81 heavy (non-hydrogen) atoms. The Hall–Kier alpha value is -6.60. The Morgan fingerprint density at radius 2 is 0.914 bits per heavy atom. The molecule has 2 aliphatic carbocycles. The zero-order valence-electron chi connectivity index (χ0n) is 46.4. The van der Waals surface area contributed by atoms with Gasteiger partial charge in [-0.05, 0) is 171 Å². The van der Waals surface area contributed by atoms with Gasteiger partial charge in [0.05, 0.1) is 11.8 Å². The van der Waals surface area contributed by atoms with Crippen molar-refractivity contribution in [3.05, 3.63) is 129 Å². The van der Waals surface area contributed by atoms with E-state index in [9.17, 15) is 33.6 Å². The number of nitrogens with one attached hydrogen (secondary N) is 3. The number of carbonyl (C=O) groups is 7. The van der Waals surface area contributed by atoms with E-state index in [1.54, 1.807) is 121 Å². The molecule has 2 aliphatic rings. The van der Waals surface area contributed by atoms with Crippen LogP contribution >= 0.6 is 35.6 Å². The van der Waals surface area contributed by atoms with E-state index < -0.39 is 72.3 Å². The molecule has 0 heterocycles. The third-order valence-electron chi connectivity index (χ3n) is 12.9. The van der Waals surface area contributed by atoms with Gasteiger partial charge < -0.3 is 54.8 Å². The molecule has 5 N–H and O–H groups in total. The van der Waals surface area contributed by atoms with Crippen molar-refractivity contribution in [1.29, 1.82) is 0 Å². The number of hydrogen-bond acceptors (Lipinski definition) is 15. The number of esters is 4. The van der Waals surface area contributed by atoms with Gasteiger partial charge in [-0.15, -0.1) is 12.4 Å². The second-order valence-corrected chi connectivity index (χ2v) is 22.1. The van der Waals surface area contributed by atoms with Crippen LogP contribution in [0, 0.1) is 11.8 Å². The van der Waals surface area contributed by atoms with Gasteiger partial charge in [-0.3, -0.25) is 19.2 Å². The monoisotopic (exact) mass is 1180 g/mol. The van der Waals surface area contributed by atoms with Crippen LogP contribution in [0.2, 0.25) is 10.0 Å². The van der Waals surface area contributed by atoms with Crippen molar-refractivity contribution in [1.82, 2.24) is 16.0 Å². The molecule has 0 spiro atoms. The van der Waals surface area contributed by atoms with Crippen LogP contribution in [0.1, 0.15) is 139 Å². The third kappa shape index (κ3) is 23.4. The molecule has 18 nitrogen and oxygen atoms in total. The molecule has 0 saturated heterocycles. The van der Waals surface area contributed by atoms with E-state index in [1.807, 2.05) is 24.3 Å². The standard InChI is InChI=1S/C32H41ClN2O8.C27H33ClN2O6.CH4.ClH/c1-31(2,3)43-30(39)35-26-9-7-6-8-25(26)28(37)40-20-41-29(38)32(4,5)42-24-16-10-21(11-17-24)18-19-34-27(36)22-12-14-23(33)15-13-22;1-27(2,26(33)35-17-34-25(32)22-5-3-4-6-23(22)29)36-21-13-7-18(8-14-21)15-16-30-24(31)19-9-11-20(28)12-10-19;;/h10-17,25-26H,6-9,18-20H2,1-5H3,(H,34,36)(H,35,39);7-14,22-23H,3-6,15-17,29H2,1-2H3,(H,30,31);1H4;1H/t25?,26-;22?,23-;;/m11../s1. The summed E-state index contributed by atoms with van der Waals surface area (Å²) in [4.78, 5) is 86.8. The Bertz CT molecular complexity index is 2660. The smallest absolute Gasteiger partial charge is 0.407 e. The Morgan fingerprint density at radius 1 is 0.531 bits per heavy atom. The van der Waals surface area contributed by atoms with Gasteiger partial charge in [-0.1, -0.05) is 80.6 Å². The lowest BCUT2D eigenvalue weighted by Crippen LogP contribution is -2.47. The fourth-order valence-corrected chi connectivity index (χ4v) is 8.76. The van der Waals surface area contributed by atoms with Gasteiger partial charge in [0.25, 0.3) is 11.8 Å². The fraction of sp³-hybridized carbons (Fsp3) is 0.483. The summed E-state index contributed by atoms with van der Waals surface area (Å²) in [5, 5.41) is 9.65. The maximum atomic E-state index is 12.8. The van der Waals surface area contributed by atoms with E-state index in [2.05, 4.69) is 16.0 Å². The van der Waals surface area contributed by atoms with Gasteiger partial charge in [0.1, 0.15) is 17.1 Å². The van der Waals surface area contributed by atoms with E-state index in [0.29, 0.717) is 77.9 Å². The number of amides is 3. The van der Waals surface area contributed by atoms with Gasteiger partial charge in [0.15, 0.2) is 11.2 Å². The normalized spacial score (nSPS) is 16.8. The highest BCUT2D eigenvalue weighted by Gasteiger charge is 2.37. The Labute approximate surface area is 491 Å². The first-order valence-corrected chi connectivity index (χ1v) is 27.2. The molecular weight excluding hydrogens is 1110 g/mol. The van der Waals surface area contributed by atoms with Crippen molar-refractivity contribution < 1.29 is 66.7 Å². The second kappa shape index (κ2) is 32.7.